The number of nitrogens with two attached hydrogens (primary N) is 2. The van der Waals surface area contributed by atoms with Gasteiger partial charge in [0.15, 0.2) is 0 Å². The number of hydrogen-bond acceptors (Lipinski definition) is 8. The molecule has 15 nitrogen and oxygen atoms in total. The van der Waals surface area contributed by atoms with Gasteiger partial charge in [-0.1, -0.05) is 0 Å². The highest BCUT2D eigenvalue weighted by atomic mass is 16.4. The molecule has 0 radical (unpaired) electrons. The van der Waals surface area contributed by atoms with E-state index in [9.17, 15) is 33.6 Å². The molecule has 0 aromatic rings. The van der Waals surface area contributed by atoms with Crippen molar-refractivity contribution >= 4 is 41.5 Å². The third kappa shape index (κ3) is 12.7. The van der Waals surface area contributed by atoms with Crippen LogP contribution in [-0.2, 0) is 33.6 Å². The molecule has 0 spiro atoms. The number of carbonyl (C=O) groups excluding carboxylic acids is 4. The minimum absolute atomic E-state index is 0.0562. The number of primary amides is 1. The summed E-state index contributed by atoms with van der Waals surface area (Å²) in [5.41, 5.74) is 10.5. The van der Waals surface area contributed by atoms with Crippen LogP contribution in [0.2, 0.25) is 0 Å². The molecule has 0 saturated heterocycles. The minimum atomic E-state index is -1.58. The number of hydrogen-bond donors (Lipinski definition) is 8. The van der Waals surface area contributed by atoms with E-state index in [0.717, 1.165) is 0 Å². The Bertz CT molecular complexity index is 741. The lowest BCUT2D eigenvalue weighted by molar-refractivity contribution is -0.144. The van der Waals surface area contributed by atoms with Crippen LogP contribution < -0.4 is 27.4 Å². The van der Waals surface area contributed by atoms with Crippen LogP contribution in [0.1, 0.15) is 38.5 Å². The summed E-state index contributed by atoms with van der Waals surface area (Å²) < 4.78 is 0. The van der Waals surface area contributed by atoms with E-state index in [0.29, 0.717) is 0 Å². The van der Waals surface area contributed by atoms with Gasteiger partial charge in [0.25, 0.3) is 0 Å². The molecule has 180 valence electrons. The van der Waals surface area contributed by atoms with Crippen LogP contribution in [0.3, 0.4) is 0 Å². The molecule has 0 aliphatic heterocycles. The maximum Gasteiger partial charge on any atom is 0.326 e. The fourth-order valence-corrected chi connectivity index (χ4v) is 2.31. The van der Waals surface area contributed by atoms with Crippen LogP contribution in [0.4, 0.5) is 0 Å². The average molecular weight is 461 g/mol. The zero-order valence-corrected chi connectivity index (χ0v) is 17.0. The molecule has 0 fully saturated rings. The summed E-state index contributed by atoms with van der Waals surface area (Å²) in [6.45, 7) is -0.638. The Kier molecular flexibility index (Phi) is 12.6. The molecular weight excluding hydrogens is 434 g/mol. The van der Waals surface area contributed by atoms with Gasteiger partial charge in [0.2, 0.25) is 23.6 Å². The zero-order chi connectivity index (χ0) is 24.8. The molecule has 0 rings (SSSR count). The summed E-state index contributed by atoms with van der Waals surface area (Å²) in [5, 5.41) is 33.0. The highest BCUT2D eigenvalue weighted by Gasteiger charge is 2.27. The van der Waals surface area contributed by atoms with Gasteiger partial charge in [0.05, 0.1) is 12.6 Å². The van der Waals surface area contributed by atoms with E-state index in [-0.39, 0.29) is 12.8 Å². The molecule has 0 aliphatic rings. The lowest BCUT2D eigenvalue weighted by Gasteiger charge is -2.21. The highest BCUT2D eigenvalue weighted by Crippen LogP contribution is 2.03. The molecular formula is C17H27N5O10. The Balaban J connectivity index is 4.96. The van der Waals surface area contributed by atoms with E-state index in [1.54, 1.807) is 0 Å². The van der Waals surface area contributed by atoms with Crippen molar-refractivity contribution in [3.05, 3.63) is 0 Å². The van der Waals surface area contributed by atoms with Crippen LogP contribution >= 0.6 is 0 Å². The number of nitrogens with one attached hydrogen (secondary N) is 3. The molecule has 0 heterocycles. The first-order valence-corrected chi connectivity index (χ1v) is 9.41. The highest BCUT2D eigenvalue weighted by molar-refractivity contribution is 5.93. The summed E-state index contributed by atoms with van der Waals surface area (Å²) >= 11 is 0. The quantitative estimate of drug-likeness (QED) is 0.112. The van der Waals surface area contributed by atoms with E-state index in [2.05, 4.69) is 16.0 Å². The van der Waals surface area contributed by atoms with E-state index >= 15 is 0 Å². The van der Waals surface area contributed by atoms with E-state index in [1.165, 1.54) is 0 Å². The Morgan fingerprint density at radius 2 is 1.25 bits per heavy atom. The molecule has 15 heteroatoms. The zero-order valence-electron chi connectivity index (χ0n) is 17.0. The van der Waals surface area contributed by atoms with Gasteiger partial charge in [-0.2, -0.15) is 0 Å². The minimum Gasteiger partial charge on any atom is -0.481 e. The van der Waals surface area contributed by atoms with E-state index in [1.807, 2.05) is 0 Å². The van der Waals surface area contributed by atoms with Crippen molar-refractivity contribution < 1.29 is 48.9 Å². The van der Waals surface area contributed by atoms with Crippen molar-refractivity contribution in [2.24, 2.45) is 11.5 Å². The number of carboxylic acid groups (broad SMARTS) is 3. The average Bonchev–Trinajstić information content (AvgIpc) is 2.69. The fourth-order valence-electron chi connectivity index (χ4n) is 2.31. The van der Waals surface area contributed by atoms with Gasteiger partial charge in [-0.3, -0.25) is 28.8 Å². The van der Waals surface area contributed by atoms with Crippen molar-refractivity contribution in [1.29, 1.82) is 0 Å². The van der Waals surface area contributed by atoms with Gasteiger partial charge in [-0.15, -0.1) is 0 Å². The smallest absolute Gasteiger partial charge is 0.326 e. The predicted octanol–water partition coefficient (Wildman–Crippen LogP) is -3.52. The monoisotopic (exact) mass is 461 g/mol. The number of amides is 4. The second-order valence-electron chi connectivity index (χ2n) is 6.71. The van der Waals surface area contributed by atoms with Crippen LogP contribution in [0.25, 0.3) is 0 Å². The number of carbonyl (C=O) groups is 7. The maximum absolute atomic E-state index is 12.4. The first kappa shape index (κ1) is 28.2. The first-order chi connectivity index (χ1) is 14.8. The molecule has 0 aromatic carbocycles. The molecule has 4 amide bonds. The third-order valence-corrected chi connectivity index (χ3v) is 4.02. The summed E-state index contributed by atoms with van der Waals surface area (Å²) in [4.78, 5) is 79.6. The molecule has 32 heavy (non-hydrogen) atoms. The summed E-state index contributed by atoms with van der Waals surface area (Å²) in [6, 6.07) is -4.16. The van der Waals surface area contributed by atoms with Gasteiger partial charge in [-0.25, -0.2) is 4.79 Å². The van der Waals surface area contributed by atoms with Crippen molar-refractivity contribution in [1.82, 2.24) is 16.0 Å². The van der Waals surface area contributed by atoms with Crippen LogP contribution in [-0.4, -0.2) is 81.5 Å². The maximum atomic E-state index is 12.4. The van der Waals surface area contributed by atoms with Gasteiger partial charge >= 0.3 is 17.9 Å². The first-order valence-electron chi connectivity index (χ1n) is 9.41. The Hall–Kier alpha value is -3.75. The largest absolute Gasteiger partial charge is 0.481 e. The van der Waals surface area contributed by atoms with Gasteiger partial charge in [0, 0.05) is 19.3 Å². The van der Waals surface area contributed by atoms with Gasteiger partial charge < -0.3 is 42.7 Å². The summed E-state index contributed by atoms with van der Waals surface area (Å²) in [7, 11) is 0. The summed E-state index contributed by atoms with van der Waals surface area (Å²) in [6.07, 6.45) is -2.13. The third-order valence-electron chi connectivity index (χ3n) is 4.02. The Morgan fingerprint density at radius 3 is 1.72 bits per heavy atom. The molecule has 3 atom stereocenters. The number of carboxylic acids is 3. The second kappa shape index (κ2) is 14.3. The fraction of sp³-hybridized carbons (Fsp3) is 0.588. The molecule has 10 N–H and O–H groups in total. The molecule has 3 unspecified atom stereocenters. The van der Waals surface area contributed by atoms with Crippen molar-refractivity contribution in [3.8, 4) is 0 Å². The van der Waals surface area contributed by atoms with Crippen LogP contribution in [0, 0.1) is 0 Å². The topological polar surface area (TPSA) is 268 Å². The molecule has 0 aromatic heterocycles. The predicted molar refractivity (Wildman–Crippen MR) is 105 cm³/mol. The molecule has 0 bridgehead atoms. The van der Waals surface area contributed by atoms with Crippen LogP contribution in [0.15, 0.2) is 0 Å². The van der Waals surface area contributed by atoms with Crippen LogP contribution in [0.5, 0.6) is 0 Å². The summed E-state index contributed by atoms with van der Waals surface area (Å²) in [5.74, 6) is -7.46. The van der Waals surface area contributed by atoms with Crippen molar-refractivity contribution in [3.63, 3.8) is 0 Å². The lowest BCUT2D eigenvalue weighted by Crippen LogP contribution is -2.53. The Morgan fingerprint density at radius 1 is 0.719 bits per heavy atom. The van der Waals surface area contributed by atoms with E-state index < -0.39 is 91.9 Å². The lowest BCUT2D eigenvalue weighted by atomic mass is 10.1. The Labute approximate surface area is 181 Å². The van der Waals surface area contributed by atoms with Crippen molar-refractivity contribution in [2.75, 3.05) is 6.54 Å². The SMILES string of the molecule is NC(=O)CCC(N)C(=O)NCC(=O)NC(CCC(=O)O)C(=O)NC(CCC(=O)O)C(=O)O. The normalized spacial score (nSPS) is 13.2. The van der Waals surface area contributed by atoms with E-state index in [4.69, 9.17) is 26.8 Å². The standard InChI is InChI=1S/C17H27N5O10/c18-8(1-4-11(19)23)15(29)20-7-12(24)21-9(2-5-13(25)26)16(30)22-10(17(31)32)3-6-14(27)28/h8-10H,1-7,18H2,(H2,19,23)(H,20,29)(H,21,24)(H,22,30)(H,25,26)(H,27,28)(H,31,32). The van der Waals surface area contributed by atoms with Gasteiger partial charge in [0.1, 0.15) is 12.1 Å². The number of rotatable bonds is 16. The van der Waals surface area contributed by atoms with Gasteiger partial charge in [-0.05, 0) is 19.3 Å². The second-order valence-corrected chi connectivity index (χ2v) is 6.71. The molecule has 0 aliphatic carbocycles. The number of aliphatic carboxylic acids is 3. The molecule has 0 saturated carbocycles. The van der Waals surface area contributed by atoms with Crippen molar-refractivity contribution in [2.45, 2.75) is 56.7 Å².